The highest BCUT2D eigenvalue weighted by Crippen LogP contribution is 2.21. The Balaban J connectivity index is 1.95. The van der Waals surface area contributed by atoms with Gasteiger partial charge in [-0.1, -0.05) is 6.07 Å². The molecule has 0 aliphatic carbocycles. The normalized spacial score (nSPS) is 11.1. The van der Waals surface area contributed by atoms with E-state index in [4.69, 9.17) is 4.74 Å². The number of rotatable bonds is 9. The average molecular weight is 383 g/mol. The van der Waals surface area contributed by atoms with Gasteiger partial charge in [-0.05, 0) is 42.6 Å². The highest BCUT2D eigenvalue weighted by Gasteiger charge is 2.17. The highest BCUT2D eigenvalue weighted by atomic mass is 32.2. The Hall–Kier alpha value is -2.06. The van der Waals surface area contributed by atoms with Crippen LogP contribution in [0.2, 0.25) is 0 Å². The van der Waals surface area contributed by atoms with Crippen LogP contribution >= 0.6 is 11.3 Å². The molecule has 0 radical (unpaired) electrons. The largest absolute Gasteiger partial charge is 0.494 e. The van der Waals surface area contributed by atoms with Gasteiger partial charge in [-0.2, -0.15) is 0 Å². The molecule has 0 fully saturated rings. The highest BCUT2D eigenvalue weighted by molar-refractivity contribution is 7.92. The van der Waals surface area contributed by atoms with Crippen LogP contribution in [0.15, 0.2) is 41.8 Å². The monoisotopic (exact) mass is 382 g/mol. The van der Waals surface area contributed by atoms with Crippen LogP contribution in [0.4, 0.5) is 5.69 Å². The number of amides is 1. The van der Waals surface area contributed by atoms with Crippen LogP contribution in [0.3, 0.4) is 0 Å². The van der Waals surface area contributed by atoms with Gasteiger partial charge in [-0.3, -0.25) is 9.10 Å². The van der Waals surface area contributed by atoms with Gasteiger partial charge in [-0.25, -0.2) is 8.42 Å². The molecular formula is C17H22N2O4S2. The molecule has 0 atom stereocenters. The molecule has 1 aromatic heterocycles. The van der Waals surface area contributed by atoms with Crippen molar-refractivity contribution in [2.45, 2.75) is 13.3 Å². The predicted octanol–water partition coefficient (Wildman–Crippen LogP) is 2.27. The third-order valence-corrected chi connectivity index (χ3v) is 5.46. The van der Waals surface area contributed by atoms with Gasteiger partial charge in [0.15, 0.2) is 0 Å². The maximum absolute atomic E-state index is 12.1. The summed E-state index contributed by atoms with van der Waals surface area (Å²) < 4.78 is 30.8. The summed E-state index contributed by atoms with van der Waals surface area (Å²) >= 11 is 1.52. The third kappa shape index (κ3) is 6.06. The van der Waals surface area contributed by atoms with Crippen molar-refractivity contribution in [3.05, 3.63) is 46.7 Å². The summed E-state index contributed by atoms with van der Waals surface area (Å²) in [6.07, 6.45) is 1.45. The van der Waals surface area contributed by atoms with E-state index in [1.165, 1.54) is 15.6 Å². The van der Waals surface area contributed by atoms with Gasteiger partial charge < -0.3 is 10.1 Å². The molecule has 8 heteroatoms. The van der Waals surface area contributed by atoms with E-state index >= 15 is 0 Å². The van der Waals surface area contributed by atoms with E-state index in [9.17, 15) is 13.2 Å². The minimum absolute atomic E-state index is 0.123. The second kappa shape index (κ2) is 8.87. The number of carbonyl (C=O) groups excluding carboxylic acids is 1. The summed E-state index contributed by atoms with van der Waals surface area (Å²) in [5.74, 6) is 0.562. The van der Waals surface area contributed by atoms with Gasteiger partial charge in [-0.15, -0.1) is 11.3 Å². The fourth-order valence-electron chi connectivity index (χ4n) is 2.29. The van der Waals surface area contributed by atoms with E-state index < -0.39 is 10.0 Å². The first-order valence-corrected chi connectivity index (χ1v) is 10.6. The minimum Gasteiger partial charge on any atom is -0.494 e. The fraction of sp³-hybridized carbons (Fsp3) is 0.353. The molecule has 0 saturated carbocycles. The lowest BCUT2D eigenvalue weighted by Crippen LogP contribution is -2.38. The number of hydrogen-bond donors (Lipinski definition) is 1. The molecule has 2 aromatic rings. The van der Waals surface area contributed by atoms with Crippen molar-refractivity contribution in [1.82, 2.24) is 5.32 Å². The molecule has 1 amide bonds. The Morgan fingerprint density at radius 3 is 2.52 bits per heavy atom. The molecule has 0 aliphatic rings. The van der Waals surface area contributed by atoms with Crippen LogP contribution in [0, 0.1) is 0 Å². The lowest BCUT2D eigenvalue weighted by Gasteiger charge is -2.22. The van der Waals surface area contributed by atoms with Crippen molar-refractivity contribution < 1.29 is 17.9 Å². The number of nitrogens with zero attached hydrogens (tertiary/aromatic N) is 1. The lowest BCUT2D eigenvalue weighted by molar-refractivity contribution is -0.120. The standard InChI is InChI=1S/C17H22N2O4S2/c1-3-23-15-8-6-14(7-9-15)19(25(2,21)22)11-10-18-17(20)13-16-5-4-12-24-16/h4-9,12H,3,10-11,13H2,1-2H3,(H,18,20). The molecule has 6 nitrogen and oxygen atoms in total. The Labute approximate surface area is 152 Å². The Morgan fingerprint density at radius 1 is 1.24 bits per heavy atom. The van der Waals surface area contributed by atoms with Crippen molar-refractivity contribution in [2.75, 3.05) is 30.3 Å². The maximum atomic E-state index is 12.1. The van der Waals surface area contributed by atoms with E-state index in [-0.39, 0.29) is 19.0 Å². The summed E-state index contributed by atoms with van der Waals surface area (Å²) in [6, 6.07) is 10.6. The van der Waals surface area contributed by atoms with Gasteiger partial charge in [0.05, 0.1) is 31.5 Å². The number of ether oxygens (including phenoxy) is 1. The molecule has 1 N–H and O–H groups in total. The van der Waals surface area contributed by atoms with E-state index in [1.807, 2.05) is 24.4 Å². The first-order valence-electron chi connectivity index (χ1n) is 7.90. The molecule has 0 spiro atoms. The summed E-state index contributed by atoms with van der Waals surface area (Å²) in [4.78, 5) is 12.9. The Kier molecular flexibility index (Phi) is 6.83. The zero-order valence-corrected chi connectivity index (χ0v) is 15.9. The van der Waals surface area contributed by atoms with E-state index in [0.717, 1.165) is 11.1 Å². The molecule has 0 bridgehead atoms. The first-order chi connectivity index (χ1) is 11.9. The third-order valence-electron chi connectivity index (χ3n) is 3.39. The van der Waals surface area contributed by atoms with Gasteiger partial charge in [0.25, 0.3) is 0 Å². The average Bonchev–Trinajstić information content (AvgIpc) is 3.05. The maximum Gasteiger partial charge on any atom is 0.232 e. The number of thiophene rings is 1. The SMILES string of the molecule is CCOc1ccc(N(CCNC(=O)Cc2cccs2)S(C)(=O)=O)cc1. The summed E-state index contributed by atoms with van der Waals surface area (Å²) in [6.45, 7) is 2.84. The van der Waals surface area contributed by atoms with Crippen molar-refractivity contribution in [3.63, 3.8) is 0 Å². The van der Waals surface area contributed by atoms with Crippen LogP contribution in [0.25, 0.3) is 0 Å². The van der Waals surface area contributed by atoms with Crippen molar-refractivity contribution in [3.8, 4) is 5.75 Å². The molecule has 0 saturated heterocycles. The molecular weight excluding hydrogens is 360 g/mol. The number of hydrogen-bond acceptors (Lipinski definition) is 5. The molecule has 0 aliphatic heterocycles. The zero-order valence-electron chi connectivity index (χ0n) is 14.3. The first kappa shape index (κ1) is 19.3. The Bertz CT molecular complexity index is 771. The number of nitrogens with one attached hydrogen (secondary N) is 1. The second-order valence-corrected chi connectivity index (χ2v) is 8.31. The number of anilines is 1. The summed E-state index contributed by atoms with van der Waals surface area (Å²) in [5, 5.41) is 4.68. The molecule has 136 valence electrons. The topological polar surface area (TPSA) is 75.7 Å². The van der Waals surface area contributed by atoms with Gasteiger partial charge in [0.2, 0.25) is 15.9 Å². The number of sulfonamides is 1. The van der Waals surface area contributed by atoms with Crippen molar-refractivity contribution in [2.24, 2.45) is 0 Å². The van der Waals surface area contributed by atoms with Gasteiger partial charge in [0.1, 0.15) is 5.75 Å². The number of carbonyl (C=O) groups is 1. The lowest BCUT2D eigenvalue weighted by atomic mass is 10.3. The van der Waals surface area contributed by atoms with Gasteiger partial charge >= 0.3 is 0 Å². The van der Waals surface area contributed by atoms with E-state index in [0.29, 0.717) is 24.5 Å². The quantitative estimate of drug-likeness (QED) is 0.722. The van der Waals surface area contributed by atoms with Crippen LogP contribution in [-0.2, 0) is 21.2 Å². The van der Waals surface area contributed by atoms with E-state index in [2.05, 4.69) is 5.32 Å². The van der Waals surface area contributed by atoms with E-state index in [1.54, 1.807) is 24.3 Å². The predicted molar refractivity (Wildman–Crippen MR) is 101 cm³/mol. The molecule has 0 unspecified atom stereocenters. The van der Waals surface area contributed by atoms with Crippen LogP contribution in [0.1, 0.15) is 11.8 Å². The summed E-state index contributed by atoms with van der Waals surface area (Å²) in [7, 11) is -3.45. The minimum atomic E-state index is -3.45. The van der Waals surface area contributed by atoms with Crippen LogP contribution in [-0.4, -0.2) is 40.3 Å². The zero-order chi connectivity index (χ0) is 18.3. The second-order valence-electron chi connectivity index (χ2n) is 5.37. The van der Waals surface area contributed by atoms with Crippen molar-refractivity contribution >= 4 is 33.0 Å². The molecule has 1 aromatic carbocycles. The van der Waals surface area contributed by atoms with Crippen LogP contribution < -0.4 is 14.4 Å². The fourth-order valence-corrected chi connectivity index (χ4v) is 3.92. The number of benzene rings is 1. The van der Waals surface area contributed by atoms with Crippen LogP contribution in [0.5, 0.6) is 5.75 Å². The Morgan fingerprint density at radius 2 is 1.96 bits per heavy atom. The van der Waals surface area contributed by atoms with Crippen molar-refractivity contribution in [1.29, 1.82) is 0 Å². The molecule has 25 heavy (non-hydrogen) atoms. The molecule has 1 heterocycles. The van der Waals surface area contributed by atoms with Gasteiger partial charge in [0, 0.05) is 11.4 Å². The molecule has 2 rings (SSSR count). The smallest absolute Gasteiger partial charge is 0.232 e. The summed E-state index contributed by atoms with van der Waals surface area (Å²) in [5.41, 5.74) is 0.540.